The highest BCUT2D eigenvalue weighted by Crippen LogP contribution is 2.29. The van der Waals surface area contributed by atoms with Crippen molar-refractivity contribution >= 4 is 5.91 Å². The Morgan fingerprint density at radius 1 is 1.14 bits per heavy atom. The van der Waals surface area contributed by atoms with Gasteiger partial charge in [0.25, 0.3) is 5.91 Å². The summed E-state index contributed by atoms with van der Waals surface area (Å²) in [7, 11) is 1.57. The fourth-order valence-electron chi connectivity index (χ4n) is 3.51. The highest BCUT2D eigenvalue weighted by atomic mass is 19.1. The van der Waals surface area contributed by atoms with E-state index in [4.69, 9.17) is 9.47 Å². The molecular formula is C23H29FN2O3. The van der Waals surface area contributed by atoms with Crippen molar-refractivity contribution in [3.8, 4) is 11.5 Å². The van der Waals surface area contributed by atoms with Crippen LogP contribution < -0.4 is 14.8 Å². The van der Waals surface area contributed by atoms with Gasteiger partial charge in [0.1, 0.15) is 5.82 Å². The second kappa shape index (κ2) is 9.74. The van der Waals surface area contributed by atoms with Gasteiger partial charge in [0.15, 0.2) is 11.5 Å². The van der Waals surface area contributed by atoms with Crippen LogP contribution >= 0.6 is 0 Å². The molecule has 1 aliphatic rings. The van der Waals surface area contributed by atoms with Crippen LogP contribution in [0, 0.1) is 5.82 Å². The number of piperidine rings is 1. The van der Waals surface area contributed by atoms with Crippen LogP contribution in [0.5, 0.6) is 11.5 Å². The molecule has 2 aromatic carbocycles. The van der Waals surface area contributed by atoms with E-state index in [0.717, 1.165) is 38.0 Å². The number of benzene rings is 2. The fourth-order valence-corrected chi connectivity index (χ4v) is 3.51. The van der Waals surface area contributed by atoms with Gasteiger partial charge in [-0.15, -0.1) is 0 Å². The number of carbonyl (C=O) groups is 1. The molecule has 0 aliphatic carbocycles. The zero-order valence-corrected chi connectivity index (χ0v) is 17.3. The number of likely N-dealkylation sites (tertiary alicyclic amines) is 1. The van der Waals surface area contributed by atoms with Crippen LogP contribution in [0.3, 0.4) is 0 Å². The summed E-state index contributed by atoms with van der Waals surface area (Å²) < 4.78 is 24.1. The Bertz CT molecular complexity index is 815. The van der Waals surface area contributed by atoms with Gasteiger partial charge in [0.2, 0.25) is 0 Å². The molecule has 0 atom stereocenters. The zero-order chi connectivity index (χ0) is 20.8. The normalized spacial score (nSPS) is 15.3. The minimum Gasteiger partial charge on any atom is -0.493 e. The Hall–Kier alpha value is -2.60. The first-order valence-corrected chi connectivity index (χ1v) is 10.1. The van der Waals surface area contributed by atoms with Gasteiger partial charge in [-0.05, 0) is 62.6 Å². The lowest BCUT2D eigenvalue weighted by Gasteiger charge is -2.32. The topological polar surface area (TPSA) is 50.8 Å². The van der Waals surface area contributed by atoms with Gasteiger partial charge in [0, 0.05) is 31.2 Å². The lowest BCUT2D eigenvalue weighted by molar-refractivity contribution is 0.0908. The van der Waals surface area contributed by atoms with Crippen molar-refractivity contribution in [1.29, 1.82) is 0 Å². The molecule has 156 valence electrons. The maximum atomic E-state index is 13.0. The van der Waals surface area contributed by atoms with Crippen molar-refractivity contribution < 1.29 is 18.7 Å². The van der Waals surface area contributed by atoms with Gasteiger partial charge in [-0.3, -0.25) is 9.69 Å². The molecule has 1 aliphatic heterocycles. The Morgan fingerprint density at radius 2 is 1.83 bits per heavy atom. The quantitative estimate of drug-likeness (QED) is 0.763. The molecule has 0 bridgehead atoms. The van der Waals surface area contributed by atoms with Gasteiger partial charge in [-0.25, -0.2) is 4.39 Å². The average Bonchev–Trinajstić information content (AvgIpc) is 2.71. The summed E-state index contributed by atoms with van der Waals surface area (Å²) >= 11 is 0. The second-order valence-corrected chi connectivity index (χ2v) is 7.68. The van der Waals surface area contributed by atoms with E-state index in [1.807, 2.05) is 26.0 Å². The summed E-state index contributed by atoms with van der Waals surface area (Å²) in [5, 5.41) is 3.13. The third-order valence-corrected chi connectivity index (χ3v) is 5.03. The molecule has 0 unspecified atom stereocenters. The number of methoxy groups -OCH3 is 1. The van der Waals surface area contributed by atoms with Crippen molar-refractivity contribution in [2.75, 3.05) is 20.2 Å². The SMILES string of the molecule is COc1cc(C(=O)NC2CCN(Cc3ccc(F)cc3)CC2)ccc1OC(C)C. The van der Waals surface area contributed by atoms with Crippen molar-refractivity contribution in [2.45, 2.75) is 45.4 Å². The third-order valence-electron chi connectivity index (χ3n) is 5.03. The van der Waals surface area contributed by atoms with Crippen LogP contribution in [0.25, 0.3) is 0 Å². The molecule has 1 heterocycles. The molecule has 0 spiro atoms. The summed E-state index contributed by atoms with van der Waals surface area (Å²) in [6.45, 7) is 6.49. The molecule has 1 N–H and O–H groups in total. The number of rotatable bonds is 7. The molecule has 1 amide bonds. The highest BCUT2D eigenvalue weighted by molar-refractivity contribution is 5.95. The fraction of sp³-hybridized carbons (Fsp3) is 0.435. The highest BCUT2D eigenvalue weighted by Gasteiger charge is 2.22. The number of ether oxygens (including phenoxy) is 2. The van der Waals surface area contributed by atoms with E-state index < -0.39 is 0 Å². The van der Waals surface area contributed by atoms with E-state index in [-0.39, 0.29) is 23.9 Å². The molecule has 0 radical (unpaired) electrons. The molecule has 29 heavy (non-hydrogen) atoms. The summed E-state index contributed by atoms with van der Waals surface area (Å²) in [4.78, 5) is 15.0. The van der Waals surface area contributed by atoms with E-state index in [1.165, 1.54) is 12.1 Å². The molecule has 6 heteroatoms. The van der Waals surface area contributed by atoms with E-state index in [1.54, 1.807) is 25.3 Å². The number of nitrogens with one attached hydrogen (secondary N) is 1. The molecule has 5 nitrogen and oxygen atoms in total. The van der Waals surface area contributed by atoms with Gasteiger partial charge < -0.3 is 14.8 Å². The maximum absolute atomic E-state index is 13.0. The minimum atomic E-state index is -0.212. The predicted octanol–water partition coefficient (Wildman–Crippen LogP) is 4.02. The first-order valence-electron chi connectivity index (χ1n) is 10.1. The number of amides is 1. The number of halogens is 1. The lowest BCUT2D eigenvalue weighted by atomic mass is 10.0. The first kappa shape index (κ1) is 21.1. The lowest BCUT2D eigenvalue weighted by Crippen LogP contribution is -2.44. The summed E-state index contributed by atoms with van der Waals surface area (Å²) in [5.41, 5.74) is 1.66. The van der Waals surface area contributed by atoms with Crippen LogP contribution in [0.15, 0.2) is 42.5 Å². The third kappa shape index (κ3) is 5.94. The smallest absolute Gasteiger partial charge is 0.251 e. The molecule has 0 aromatic heterocycles. The largest absolute Gasteiger partial charge is 0.493 e. The number of hydrogen-bond acceptors (Lipinski definition) is 4. The van der Waals surface area contributed by atoms with Crippen molar-refractivity contribution in [3.05, 3.63) is 59.4 Å². The van der Waals surface area contributed by atoms with Crippen LogP contribution in [0.4, 0.5) is 4.39 Å². The average molecular weight is 400 g/mol. The van der Waals surface area contributed by atoms with Crippen molar-refractivity contribution in [1.82, 2.24) is 10.2 Å². The van der Waals surface area contributed by atoms with Gasteiger partial charge in [-0.1, -0.05) is 12.1 Å². The molecular weight excluding hydrogens is 371 g/mol. The van der Waals surface area contributed by atoms with Gasteiger partial charge in [0.05, 0.1) is 13.2 Å². The van der Waals surface area contributed by atoms with Crippen molar-refractivity contribution in [2.24, 2.45) is 0 Å². The van der Waals surface area contributed by atoms with Gasteiger partial charge in [-0.2, -0.15) is 0 Å². The van der Waals surface area contributed by atoms with Crippen LogP contribution in [-0.2, 0) is 6.54 Å². The Balaban J connectivity index is 1.52. The van der Waals surface area contributed by atoms with E-state index >= 15 is 0 Å². The standard InChI is InChI=1S/C23H29FN2O3/c1-16(2)29-21-9-6-18(14-22(21)28-3)23(27)25-20-10-12-26(13-11-20)15-17-4-7-19(24)8-5-17/h4-9,14,16,20H,10-13,15H2,1-3H3,(H,25,27). The van der Waals surface area contributed by atoms with Crippen LogP contribution in [0.1, 0.15) is 42.6 Å². The zero-order valence-electron chi connectivity index (χ0n) is 17.3. The van der Waals surface area contributed by atoms with Crippen LogP contribution in [-0.4, -0.2) is 43.2 Å². The summed E-state index contributed by atoms with van der Waals surface area (Å²) in [6, 6.07) is 12.0. The molecule has 1 saturated heterocycles. The molecule has 2 aromatic rings. The molecule has 1 fully saturated rings. The number of hydrogen-bond donors (Lipinski definition) is 1. The monoisotopic (exact) mass is 400 g/mol. The Kier molecular flexibility index (Phi) is 7.09. The van der Waals surface area contributed by atoms with E-state index in [2.05, 4.69) is 10.2 Å². The Morgan fingerprint density at radius 3 is 2.45 bits per heavy atom. The number of nitrogens with zero attached hydrogens (tertiary/aromatic N) is 1. The molecule has 3 rings (SSSR count). The molecule has 0 saturated carbocycles. The van der Waals surface area contributed by atoms with Crippen molar-refractivity contribution in [3.63, 3.8) is 0 Å². The predicted molar refractivity (Wildman–Crippen MR) is 111 cm³/mol. The van der Waals surface area contributed by atoms with Crippen LogP contribution in [0.2, 0.25) is 0 Å². The van der Waals surface area contributed by atoms with E-state index in [0.29, 0.717) is 17.1 Å². The van der Waals surface area contributed by atoms with Gasteiger partial charge >= 0.3 is 0 Å². The summed E-state index contributed by atoms with van der Waals surface area (Å²) in [5.74, 6) is 0.876. The second-order valence-electron chi connectivity index (χ2n) is 7.68. The maximum Gasteiger partial charge on any atom is 0.251 e. The minimum absolute atomic E-state index is 0.0312. The van der Waals surface area contributed by atoms with E-state index in [9.17, 15) is 9.18 Å². The Labute approximate surface area is 171 Å². The summed E-state index contributed by atoms with van der Waals surface area (Å²) in [6.07, 6.45) is 1.81. The number of carbonyl (C=O) groups excluding carboxylic acids is 1. The first-order chi connectivity index (χ1) is 13.9.